The largest absolute Gasteiger partial charge is 0.309 e. The second-order valence-electron chi connectivity index (χ2n) is 15.3. The van der Waals surface area contributed by atoms with Gasteiger partial charge >= 0.3 is 0 Å². The molecule has 2 heteroatoms. The Morgan fingerprint density at radius 2 is 1.02 bits per heavy atom. The summed E-state index contributed by atoms with van der Waals surface area (Å²) in [6.45, 7) is 9.53. The maximum absolute atomic E-state index is 2.60. The predicted octanol–water partition coefficient (Wildman–Crippen LogP) is 13.9. The van der Waals surface area contributed by atoms with Crippen molar-refractivity contribution in [3.8, 4) is 22.3 Å². The first-order valence-corrected chi connectivity index (χ1v) is 18.5. The van der Waals surface area contributed by atoms with E-state index in [4.69, 9.17) is 0 Å². The van der Waals surface area contributed by atoms with Crippen LogP contribution in [0.4, 0.5) is 17.1 Å². The molecule has 8 aromatic carbocycles. The summed E-state index contributed by atoms with van der Waals surface area (Å²) in [5.74, 6) is 0. The molecule has 238 valence electrons. The van der Waals surface area contributed by atoms with E-state index in [1.54, 1.807) is 0 Å². The number of anilines is 3. The molecule has 0 amide bonds. The molecule has 0 spiro atoms. The zero-order chi connectivity index (χ0) is 33.5. The molecule has 0 fully saturated rings. The van der Waals surface area contributed by atoms with Crippen LogP contribution in [0.3, 0.4) is 0 Å². The fourth-order valence-corrected chi connectivity index (χ4v) is 10.8. The highest BCUT2D eigenvalue weighted by atomic mass is 32.1. The zero-order valence-corrected chi connectivity index (χ0v) is 29.5. The third-order valence-electron chi connectivity index (χ3n) is 12.0. The molecule has 1 nitrogen and oxygen atoms in total. The number of rotatable bonds is 3. The van der Waals surface area contributed by atoms with Crippen LogP contribution in [0, 0.1) is 0 Å². The van der Waals surface area contributed by atoms with Crippen LogP contribution in [0.1, 0.15) is 49.9 Å². The lowest BCUT2D eigenvalue weighted by atomic mass is 9.82. The van der Waals surface area contributed by atoms with Gasteiger partial charge in [0.05, 0.1) is 11.4 Å². The van der Waals surface area contributed by atoms with Crippen LogP contribution in [0.25, 0.3) is 64.0 Å². The lowest BCUT2D eigenvalue weighted by molar-refractivity contribution is 0.660. The van der Waals surface area contributed by atoms with Gasteiger partial charge in [0.15, 0.2) is 0 Å². The molecule has 0 saturated heterocycles. The number of hydrogen-bond acceptors (Lipinski definition) is 2. The van der Waals surface area contributed by atoms with Crippen molar-refractivity contribution in [1.82, 2.24) is 0 Å². The first-order chi connectivity index (χ1) is 24.3. The van der Waals surface area contributed by atoms with Crippen molar-refractivity contribution >= 4 is 70.1 Å². The summed E-state index contributed by atoms with van der Waals surface area (Å²) in [4.78, 5) is 2.60. The molecule has 0 bridgehead atoms. The Morgan fingerprint density at radius 3 is 1.86 bits per heavy atom. The molecule has 0 saturated carbocycles. The van der Waals surface area contributed by atoms with E-state index in [1.165, 1.54) is 103 Å². The van der Waals surface area contributed by atoms with Crippen LogP contribution >= 0.6 is 11.3 Å². The normalized spacial score (nSPS) is 15.1. The second kappa shape index (κ2) is 9.62. The third kappa shape index (κ3) is 3.47. The number of hydrogen-bond donors (Lipinski definition) is 0. The Kier molecular flexibility index (Phi) is 5.47. The lowest BCUT2D eigenvalue weighted by Gasteiger charge is -2.31. The minimum Gasteiger partial charge on any atom is -0.309 e. The van der Waals surface area contributed by atoms with Crippen molar-refractivity contribution in [2.75, 3.05) is 4.90 Å². The SMILES string of the molecule is CC1(C)c2ccccc2-c2ccc(N(c3cccc4c3-c3ccccc3C4(C)C)c3ccc4sc5cccc6c7ccccc7c3c4c56)cc21. The third-order valence-corrected chi connectivity index (χ3v) is 13.1. The van der Waals surface area contributed by atoms with Gasteiger partial charge in [0.2, 0.25) is 0 Å². The number of nitrogens with zero attached hydrogens (tertiary/aromatic N) is 1. The van der Waals surface area contributed by atoms with Crippen LogP contribution in [0.15, 0.2) is 140 Å². The predicted molar refractivity (Wildman–Crippen MR) is 215 cm³/mol. The van der Waals surface area contributed by atoms with Gasteiger partial charge < -0.3 is 4.90 Å². The van der Waals surface area contributed by atoms with Gasteiger partial charge in [-0.15, -0.1) is 11.3 Å². The van der Waals surface area contributed by atoms with Crippen molar-refractivity contribution in [3.05, 3.63) is 162 Å². The maximum atomic E-state index is 2.60. The van der Waals surface area contributed by atoms with E-state index >= 15 is 0 Å². The lowest BCUT2D eigenvalue weighted by Crippen LogP contribution is -2.17. The van der Waals surface area contributed by atoms with Crippen LogP contribution < -0.4 is 4.90 Å². The smallest absolute Gasteiger partial charge is 0.0547 e. The van der Waals surface area contributed by atoms with Gasteiger partial charge in [-0.1, -0.05) is 131 Å². The fraction of sp³-hybridized carbons (Fsp3) is 0.125. The summed E-state index contributed by atoms with van der Waals surface area (Å²) in [7, 11) is 0. The topological polar surface area (TPSA) is 3.24 Å². The molecule has 2 aliphatic rings. The van der Waals surface area contributed by atoms with E-state index in [0.29, 0.717) is 0 Å². The molecule has 0 atom stereocenters. The molecule has 0 aliphatic heterocycles. The molecule has 11 rings (SSSR count). The summed E-state index contributed by atoms with van der Waals surface area (Å²) in [6, 6.07) is 52.8. The number of benzene rings is 8. The van der Waals surface area contributed by atoms with Gasteiger partial charge in [0, 0.05) is 47.6 Å². The molecule has 0 radical (unpaired) electrons. The van der Waals surface area contributed by atoms with Crippen LogP contribution in [0.2, 0.25) is 0 Å². The summed E-state index contributed by atoms with van der Waals surface area (Å²) >= 11 is 1.91. The summed E-state index contributed by atoms with van der Waals surface area (Å²) in [5.41, 5.74) is 14.4. The molecular formula is C48H35NS. The molecule has 0 unspecified atom stereocenters. The maximum Gasteiger partial charge on any atom is 0.0547 e. The average Bonchev–Trinajstić information content (AvgIpc) is 3.72. The number of thiophene rings is 1. The minimum absolute atomic E-state index is 0.0988. The fourth-order valence-electron chi connectivity index (χ4n) is 9.68. The summed E-state index contributed by atoms with van der Waals surface area (Å²) in [5, 5.41) is 8.05. The van der Waals surface area contributed by atoms with E-state index in [2.05, 4.69) is 172 Å². The van der Waals surface area contributed by atoms with Crippen molar-refractivity contribution < 1.29 is 0 Å². The van der Waals surface area contributed by atoms with Gasteiger partial charge in [-0.2, -0.15) is 0 Å². The monoisotopic (exact) mass is 657 g/mol. The quantitative estimate of drug-likeness (QED) is 0.171. The molecular weight excluding hydrogens is 623 g/mol. The molecule has 2 aliphatic carbocycles. The van der Waals surface area contributed by atoms with Crippen molar-refractivity contribution in [2.45, 2.75) is 38.5 Å². The first-order valence-electron chi connectivity index (χ1n) is 17.7. The molecule has 50 heavy (non-hydrogen) atoms. The van der Waals surface area contributed by atoms with E-state index in [0.717, 1.165) is 0 Å². The average molecular weight is 658 g/mol. The van der Waals surface area contributed by atoms with Crippen LogP contribution in [-0.4, -0.2) is 0 Å². The van der Waals surface area contributed by atoms with E-state index in [1.807, 2.05) is 11.3 Å². The van der Waals surface area contributed by atoms with Crippen molar-refractivity contribution in [2.24, 2.45) is 0 Å². The standard InChI is InChI=1S/C48H35NS/c1-47(2)36-19-10-8-16-34(36)43-37(47)20-12-21-39(43)49(28-23-24-31-30-14-7-9-18-35(30)48(3,4)38(31)27-28)40-25-26-42-46-44(40)32-15-6-5-13-29(32)33-17-11-22-41(50-42)45(33)46/h5-27H,1-4H3. The Labute approximate surface area is 296 Å². The van der Waals surface area contributed by atoms with Crippen LogP contribution in [-0.2, 0) is 10.8 Å². The Morgan fingerprint density at radius 1 is 0.420 bits per heavy atom. The first kappa shape index (κ1) is 28.4. The molecule has 1 heterocycles. The van der Waals surface area contributed by atoms with Gasteiger partial charge in [-0.05, 0) is 91.5 Å². The highest BCUT2D eigenvalue weighted by Gasteiger charge is 2.39. The highest BCUT2D eigenvalue weighted by molar-refractivity contribution is 7.26. The summed E-state index contributed by atoms with van der Waals surface area (Å²) in [6.07, 6.45) is 0. The Hall–Kier alpha value is -5.44. The second-order valence-corrected chi connectivity index (χ2v) is 16.3. The zero-order valence-electron chi connectivity index (χ0n) is 28.6. The number of fused-ring (bicyclic) bond motifs is 9. The minimum atomic E-state index is -0.107. The molecule has 0 N–H and O–H groups in total. The van der Waals surface area contributed by atoms with Gasteiger partial charge in [0.1, 0.15) is 0 Å². The van der Waals surface area contributed by atoms with E-state index < -0.39 is 0 Å². The summed E-state index contributed by atoms with van der Waals surface area (Å²) < 4.78 is 2.70. The van der Waals surface area contributed by atoms with Crippen molar-refractivity contribution in [3.63, 3.8) is 0 Å². The molecule has 9 aromatic rings. The Bertz CT molecular complexity index is 2880. The van der Waals surface area contributed by atoms with Gasteiger partial charge in [-0.3, -0.25) is 0 Å². The van der Waals surface area contributed by atoms with E-state index in [9.17, 15) is 0 Å². The van der Waals surface area contributed by atoms with Gasteiger partial charge in [0.25, 0.3) is 0 Å². The van der Waals surface area contributed by atoms with Gasteiger partial charge in [-0.25, -0.2) is 0 Å². The molecule has 1 aromatic heterocycles. The van der Waals surface area contributed by atoms with E-state index in [-0.39, 0.29) is 10.8 Å². The van der Waals surface area contributed by atoms with Crippen LogP contribution in [0.5, 0.6) is 0 Å². The van der Waals surface area contributed by atoms with Crippen molar-refractivity contribution in [1.29, 1.82) is 0 Å². The highest BCUT2D eigenvalue weighted by Crippen LogP contribution is 2.57. The Balaban J connectivity index is 1.29.